The maximum atomic E-state index is 13.8. The molecule has 3 aromatic rings. The molecular weight excluding hydrogens is 465 g/mol. The van der Waals surface area contributed by atoms with Crippen LogP contribution < -0.4 is 14.8 Å². The molecule has 0 unspecified atom stereocenters. The summed E-state index contributed by atoms with van der Waals surface area (Å²) in [5.41, 5.74) is 0.923. The Balaban J connectivity index is 1.34. The van der Waals surface area contributed by atoms with Gasteiger partial charge in [0.2, 0.25) is 0 Å². The molecule has 1 aliphatic rings. The summed E-state index contributed by atoms with van der Waals surface area (Å²) in [5.74, 6) is -0.527. The minimum absolute atomic E-state index is 0.0533. The van der Waals surface area contributed by atoms with E-state index in [2.05, 4.69) is 5.32 Å². The lowest BCUT2D eigenvalue weighted by molar-refractivity contribution is -0.118. The molecule has 36 heavy (non-hydrogen) atoms. The van der Waals surface area contributed by atoms with Crippen LogP contribution in [0.2, 0.25) is 0 Å². The lowest BCUT2D eigenvalue weighted by Crippen LogP contribution is -2.50. The topological polar surface area (TPSA) is 88.2 Å². The molecule has 0 atom stereocenters. The van der Waals surface area contributed by atoms with Gasteiger partial charge in [0, 0.05) is 31.7 Å². The highest BCUT2D eigenvalue weighted by Crippen LogP contribution is 2.22. The Morgan fingerprint density at radius 1 is 0.833 bits per heavy atom. The Bertz CT molecular complexity index is 1240. The summed E-state index contributed by atoms with van der Waals surface area (Å²) in [4.78, 5) is 41.6. The van der Waals surface area contributed by atoms with Crippen molar-refractivity contribution in [2.75, 3.05) is 45.2 Å². The number of rotatable bonds is 7. The highest BCUT2D eigenvalue weighted by Gasteiger charge is 2.27. The largest absolute Gasteiger partial charge is 0.497 e. The van der Waals surface area contributed by atoms with Gasteiger partial charge in [0.05, 0.1) is 18.4 Å². The zero-order valence-electron chi connectivity index (χ0n) is 19.8. The number of methoxy groups -OCH3 is 1. The Labute approximate surface area is 208 Å². The third-order valence-electron chi connectivity index (χ3n) is 5.82. The molecule has 9 heteroatoms. The van der Waals surface area contributed by atoms with Gasteiger partial charge in [-0.15, -0.1) is 0 Å². The summed E-state index contributed by atoms with van der Waals surface area (Å²) in [6, 6.07) is 19.4. The monoisotopic (exact) mass is 491 g/mol. The van der Waals surface area contributed by atoms with Gasteiger partial charge < -0.3 is 24.6 Å². The van der Waals surface area contributed by atoms with E-state index in [9.17, 15) is 18.8 Å². The number of piperazine rings is 1. The summed E-state index contributed by atoms with van der Waals surface area (Å²) in [6.45, 7) is 1.13. The van der Waals surface area contributed by atoms with Crippen molar-refractivity contribution in [1.29, 1.82) is 0 Å². The number of ether oxygens (including phenoxy) is 2. The van der Waals surface area contributed by atoms with Gasteiger partial charge in [-0.05, 0) is 48.5 Å². The van der Waals surface area contributed by atoms with Crippen LogP contribution in [0.1, 0.15) is 20.7 Å². The molecule has 4 rings (SSSR count). The van der Waals surface area contributed by atoms with Crippen LogP contribution in [0, 0.1) is 5.82 Å². The second-order valence-electron chi connectivity index (χ2n) is 8.13. The molecule has 1 heterocycles. The van der Waals surface area contributed by atoms with Gasteiger partial charge in [0.1, 0.15) is 17.3 Å². The van der Waals surface area contributed by atoms with Crippen LogP contribution >= 0.6 is 0 Å². The predicted octanol–water partition coefficient (Wildman–Crippen LogP) is 3.45. The average Bonchev–Trinajstić information content (AvgIpc) is 2.92. The van der Waals surface area contributed by atoms with Gasteiger partial charge in [0.25, 0.3) is 17.7 Å². The first kappa shape index (κ1) is 24.7. The molecule has 3 amide bonds. The van der Waals surface area contributed by atoms with Gasteiger partial charge in [-0.2, -0.15) is 0 Å². The molecule has 1 aliphatic heterocycles. The van der Waals surface area contributed by atoms with Crippen LogP contribution in [0.15, 0.2) is 72.8 Å². The van der Waals surface area contributed by atoms with Gasteiger partial charge in [-0.1, -0.05) is 24.3 Å². The molecule has 8 nitrogen and oxygen atoms in total. The maximum Gasteiger partial charge on any atom is 0.262 e. The SMILES string of the molecule is COc1ccc(C(=O)N2CCN(C(=O)c3ccccc3OCC(=O)Nc3ccccc3F)CC2)cc1. The molecule has 0 saturated carbocycles. The Hall–Kier alpha value is -4.40. The van der Waals surface area contributed by atoms with E-state index in [0.29, 0.717) is 43.1 Å². The van der Waals surface area contributed by atoms with Crippen molar-refractivity contribution in [2.45, 2.75) is 0 Å². The first-order chi connectivity index (χ1) is 17.5. The van der Waals surface area contributed by atoms with Crippen LogP contribution in [0.5, 0.6) is 11.5 Å². The molecule has 0 bridgehead atoms. The summed E-state index contributed by atoms with van der Waals surface area (Å²) >= 11 is 0. The van der Waals surface area contributed by atoms with Crippen molar-refractivity contribution in [3.8, 4) is 11.5 Å². The fourth-order valence-corrected chi connectivity index (χ4v) is 3.86. The van der Waals surface area contributed by atoms with Crippen LogP contribution in [0.4, 0.5) is 10.1 Å². The molecule has 3 aromatic carbocycles. The average molecular weight is 492 g/mol. The second kappa shape index (κ2) is 11.4. The van der Waals surface area contributed by atoms with Crippen molar-refractivity contribution in [1.82, 2.24) is 9.80 Å². The standard InChI is InChI=1S/C27H26FN3O5/c1-35-20-12-10-19(11-13-20)26(33)30-14-16-31(17-15-30)27(34)21-6-2-5-9-24(21)36-18-25(32)29-23-8-4-3-7-22(23)28/h2-13H,14-18H2,1H3,(H,29,32). The first-order valence-corrected chi connectivity index (χ1v) is 11.4. The van der Waals surface area contributed by atoms with E-state index < -0.39 is 11.7 Å². The highest BCUT2D eigenvalue weighted by molar-refractivity contribution is 5.98. The molecule has 0 radical (unpaired) electrons. The third kappa shape index (κ3) is 5.80. The first-order valence-electron chi connectivity index (χ1n) is 11.4. The Morgan fingerprint density at radius 2 is 1.44 bits per heavy atom. The zero-order chi connectivity index (χ0) is 25.5. The van der Waals surface area contributed by atoms with Crippen LogP contribution in [0.3, 0.4) is 0 Å². The maximum absolute atomic E-state index is 13.8. The smallest absolute Gasteiger partial charge is 0.262 e. The van der Waals surface area contributed by atoms with Crippen molar-refractivity contribution in [2.24, 2.45) is 0 Å². The van der Waals surface area contributed by atoms with E-state index in [1.165, 1.54) is 18.2 Å². The molecule has 186 valence electrons. The minimum atomic E-state index is -0.550. The highest BCUT2D eigenvalue weighted by atomic mass is 19.1. The predicted molar refractivity (Wildman–Crippen MR) is 132 cm³/mol. The molecule has 0 aromatic heterocycles. The van der Waals surface area contributed by atoms with Crippen LogP contribution in [0.25, 0.3) is 0 Å². The van der Waals surface area contributed by atoms with Gasteiger partial charge in [-0.3, -0.25) is 14.4 Å². The van der Waals surface area contributed by atoms with E-state index in [-0.39, 0.29) is 29.9 Å². The number of halogens is 1. The van der Waals surface area contributed by atoms with Crippen LogP contribution in [-0.4, -0.2) is 67.4 Å². The molecular formula is C27H26FN3O5. The number of para-hydroxylation sites is 2. The van der Waals surface area contributed by atoms with E-state index in [0.717, 1.165) is 0 Å². The number of hydrogen-bond acceptors (Lipinski definition) is 5. The molecule has 0 spiro atoms. The second-order valence-corrected chi connectivity index (χ2v) is 8.13. The molecule has 0 aliphatic carbocycles. The Morgan fingerprint density at radius 3 is 2.11 bits per heavy atom. The van der Waals surface area contributed by atoms with E-state index >= 15 is 0 Å². The van der Waals surface area contributed by atoms with E-state index in [1.807, 2.05) is 0 Å². The lowest BCUT2D eigenvalue weighted by Gasteiger charge is -2.35. The summed E-state index contributed by atoms with van der Waals surface area (Å²) < 4.78 is 24.5. The third-order valence-corrected chi connectivity index (χ3v) is 5.82. The fourth-order valence-electron chi connectivity index (χ4n) is 3.86. The quantitative estimate of drug-likeness (QED) is 0.547. The van der Waals surface area contributed by atoms with Gasteiger partial charge in [0.15, 0.2) is 6.61 Å². The molecule has 1 fully saturated rings. The Kier molecular flexibility index (Phi) is 7.79. The van der Waals surface area contributed by atoms with Crippen molar-refractivity contribution >= 4 is 23.4 Å². The number of amides is 3. The number of hydrogen-bond donors (Lipinski definition) is 1. The number of nitrogens with one attached hydrogen (secondary N) is 1. The summed E-state index contributed by atoms with van der Waals surface area (Å²) in [7, 11) is 1.57. The number of anilines is 1. The summed E-state index contributed by atoms with van der Waals surface area (Å²) in [6.07, 6.45) is 0. The minimum Gasteiger partial charge on any atom is -0.497 e. The van der Waals surface area contributed by atoms with E-state index in [1.54, 1.807) is 71.5 Å². The molecule has 1 N–H and O–H groups in total. The normalized spacial score (nSPS) is 13.2. The number of carbonyl (C=O) groups excluding carboxylic acids is 3. The number of benzene rings is 3. The van der Waals surface area contributed by atoms with Gasteiger partial charge >= 0.3 is 0 Å². The number of carbonyl (C=O) groups is 3. The molecule has 1 saturated heterocycles. The van der Waals surface area contributed by atoms with E-state index in [4.69, 9.17) is 9.47 Å². The van der Waals surface area contributed by atoms with Crippen molar-refractivity contribution in [3.05, 3.63) is 89.7 Å². The van der Waals surface area contributed by atoms with Crippen LogP contribution in [-0.2, 0) is 4.79 Å². The fraction of sp³-hybridized carbons (Fsp3) is 0.222. The summed E-state index contributed by atoms with van der Waals surface area (Å²) in [5, 5.41) is 2.45. The zero-order valence-corrected chi connectivity index (χ0v) is 19.8. The van der Waals surface area contributed by atoms with Gasteiger partial charge in [-0.25, -0.2) is 4.39 Å². The van der Waals surface area contributed by atoms with Crippen molar-refractivity contribution in [3.63, 3.8) is 0 Å². The van der Waals surface area contributed by atoms with Crippen molar-refractivity contribution < 1.29 is 28.2 Å². The number of nitrogens with zero attached hydrogens (tertiary/aromatic N) is 2. The lowest BCUT2D eigenvalue weighted by atomic mass is 10.1.